The number of aromatic nitrogens is 1. The Morgan fingerprint density at radius 1 is 1.21 bits per heavy atom. The Morgan fingerprint density at radius 2 is 2.04 bits per heavy atom. The molecule has 0 aliphatic carbocycles. The first-order chi connectivity index (χ1) is 13.4. The molecule has 1 N–H and O–H groups in total. The van der Waals surface area contributed by atoms with Crippen molar-refractivity contribution in [2.24, 2.45) is 5.92 Å². The molecule has 1 aromatic carbocycles. The highest BCUT2D eigenvalue weighted by atomic mass is 32.1. The van der Waals surface area contributed by atoms with Gasteiger partial charge in [-0.15, -0.1) is 11.3 Å². The van der Waals surface area contributed by atoms with Crippen LogP contribution in [0.1, 0.15) is 35.5 Å². The highest BCUT2D eigenvalue weighted by molar-refractivity contribution is 7.13. The molecule has 0 saturated carbocycles. The lowest BCUT2D eigenvalue weighted by molar-refractivity contribution is -0.148. The van der Waals surface area contributed by atoms with Crippen LogP contribution in [0.25, 0.3) is 10.6 Å². The number of amides is 1. The van der Waals surface area contributed by atoms with Gasteiger partial charge in [-0.05, 0) is 36.4 Å². The topological polar surface area (TPSA) is 81.4 Å². The van der Waals surface area contributed by atoms with Crippen molar-refractivity contribution in [3.63, 3.8) is 0 Å². The Balaban J connectivity index is 1.61. The maximum atomic E-state index is 12.5. The second kappa shape index (κ2) is 8.84. The lowest BCUT2D eigenvalue weighted by Crippen LogP contribution is -2.45. The van der Waals surface area contributed by atoms with Crippen LogP contribution in [0, 0.1) is 12.8 Å². The molecule has 1 atom stereocenters. The molecule has 3 rings (SSSR count). The molecule has 146 valence electrons. The van der Waals surface area contributed by atoms with Gasteiger partial charge in [-0.3, -0.25) is 4.79 Å². The standard InChI is InChI=1S/C21H22N2O4S/c1-13(2)19(22-20(24)15-7-4-6-14(3)10-15)21(25)26-12-16-11-17(27-23-16)18-8-5-9-28-18/h4-11,13,19H,12H2,1-3H3,(H,22,24)/t19-/m0/s1. The summed E-state index contributed by atoms with van der Waals surface area (Å²) in [5.41, 5.74) is 2.00. The number of ether oxygens (including phenoxy) is 1. The second-order valence-electron chi connectivity index (χ2n) is 6.83. The fourth-order valence-electron chi connectivity index (χ4n) is 2.66. The van der Waals surface area contributed by atoms with Crippen molar-refractivity contribution in [1.29, 1.82) is 0 Å². The number of carbonyl (C=O) groups excluding carboxylic acids is 2. The van der Waals surface area contributed by atoms with Crippen molar-refractivity contribution in [2.45, 2.75) is 33.4 Å². The van der Waals surface area contributed by atoms with Gasteiger partial charge in [-0.1, -0.05) is 42.8 Å². The number of rotatable bonds is 7. The Morgan fingerprint density at radius 3 is 2.71 bits per heavy atom. The molecule has 1 amide bonds. The predicted octanol–water partition coefficient (Wildman–Crippen LogP) is 4.21. The zero-order valence-electron chi connectivity index (χ0n) is 16.0. The van der Waals surface area contributed by atoms with E-state index in [4.69, 9.17) is 9.26 Å². The average molecular weight is 398 g/mol. The molecule has 0 aliphatic heterocycles. The van der Waals surface area contributed by atoms with Gasteiger partial charge in [-0.25, -0.2) is 4.79 Å². The fourth-order valence-corrected chi connectivity index (χ4v) is 3.33. The van der Waals surface area contributed by atoms with E-state index in [1.54, 1.807) is 18.2 Å². The van der Waals surface area contributed by atoms with Gasteiger partial charge in [0.25, 0.3) is 5.91 Å². The molecule has 3 aromatic rings. The minimum Gasteiger partial charge on any atom is -0.458 e. The molecule has 2 aromatic heterocycles. The molecule has 6 nitrogen and oxygen atoms in total. The van der Waals surface area contributed by atoms with Gasteiger partial charge >= 0.3 is 5.97 Å². The average Bonchev–Trinajstić information content (AvgIpc) is 3.35. The first-order valence-corrected chi connectivity index (χ1v) is 9.85. The summed E-state index contributed by atoms with van der Waals surface area (Å²) in [7, 11) is 0. The number of hydrogen-bond donors (Lipinski definition) is 1. The van der Waals surface area contributed by atoms with Crippen LogP contribution >= 0.6 is 11.3 Å². The first-order valence-electron chi connectivity index (χ1n) is 8.97. The van der Waals surface area contributed by atoms with E-state index in [1.807, 2.05) is 50.4 Å². The third-order valence-corrected chi connectivity index (χ3v) is 5.06. The van der Waals surface area contributed by atoms with Gasteiger partial charge in [0.15, 0.2) is 5.76 Å². The number of esters is 1. The van der Waals surface area contributed by atoms with Crippen molar-refractivity contribution >= 4 is 23.2 Å². The predicted molar refractivity (Wildman–Crippen MR) is 107 cm³/mol. The van der Waals surface area contributed by atoms with E-state index in [0.717, 1.165) is 10.4 Å². The number of hydrogen-bond acceptors (Lipinski definition) is 6. The lowest BCUT2D eigenvalue weighted by atomic mass is 10.0. The summed E-state index contributed by atoms with van der Waals surface area (Å²) < 4.78 is 10.7. The minimum absolute atomic E-state index is 0.0166. The normalized spacial score (nSPS) is 12.0. The molecular formula is C21H22N2O4S. The van der Waals surface area contributed by atoms with Gasteiger partial charge in [-0.2, -0.15) is 0 Å². The molecule has 0 spiro atoms. The number of nitrogens with one attached hydrogen (secondary N) is 1. The van der Waals surface area contributed by atoms with Crippen LogP contribution in [0.15, 0.2) is 52.4 Å². The summed E-state index contributed by atoms with van der Waals surface area (Å²) in [4.78, 5) is 26.0. The maximum Gasteiger partial charge on any atom is 0.329 e. The Labute approximate surface area is 167 Å². The quantitative estimate of drug-likeness (QED) is 0.603. The number of aryl methyl sites for hydroxylation is 1. The molecule has 0 radical (unpaired) electrons. The molecular weight excluding hydrogens is 376 g/mol. The van der Waals surface area contributed by atoms with E-state index < -0.39 is 12.0 Å². The summed E-state index contributed by atoms with van der Waals surface area (Å²) in [5.74, 6) is -0.299. The highest BCUT2D eigenvalue weighted by Crippen LogP contribution is 2.25. The molecule has 0 aliphatic rings. The van der Waals surface area contributed by atoms with Crippen molar-refractivity contribution in [2.75, 3.05) is 0 Å². The lowest BCUT2D eigenvalue weighted by Gasteiger charge is -2.20. The van der Waals surface area contributed by atoms with E-state index in [0.29, 0.717) is 17.0 Å². The van der Waals surface area contributed by atoms with Gasteiger partial charge < -0.3 is 14.6 Å². The molecule has 7 heteroatoms. The second-order valence-corrected chi connectivity index (χ2v) is 7.78. The summed E-state index contributed by atoms with van der Waals surface area (Å²) in [6, 6.07) is 12.1. The Kier molecular flexibility index (Phi) is 6.26. The van der Waals surface area contributed by atoms with Crippen molar-refractivity contribution < 1.29 is 18.8 Å². The summed E-state index contributed by atoms with van der Waals surface area (Å²) >= 11 is 1.54. The number of nitrogens with zero attached hydrogens (tertiary/aromatic N) is 1. The van der Waals surface area contributed by atoms with Gasteiger partial charge in [0.05, 0.1) is 4.88 Å². The number of benzene rings is 1. The van der Waals surface area contributed by atoms with Crippen LogP contribution in [0.3, 0.4) is 0 Å². The van der Waals surface area contributed by atoms with Gasteiger partial charge in [0.1, 0.15) is 18.3 Å². The fraction of sp³-hybridized carbons (Fsp3) is 0.286. The van der Waals surface area contributed by atoms with E-state index in [-0.39, 0.29) is 18.4 Å². The molecule has 0 fully saturated rings. The van der Waals surface area contributed by atoms with E-state index in [1.165, 1.54) is 11.3 Å². The van der Waals surface area contributed by atoms with Crippen LogP contribution in [0.5, 0.6) is 0 Å². The van der Waals surface area contributed by atoms with Crippen LogP contribution in [0.4, 0.5) is 0 Å². The SMILES string of the molecule is Cc1cccc(C(=O)N[C@H](C(=O)OCc2cc(-c3cccs3)on2)C(C)C)c1. The summed E-state index contributed by atoms with van der Waals surface area (Å²) in [5, 5.41) is 8.65. The monoisotopic (exact) mass is 398 g/mol. The zero-order chi connectivity index (χ0) is 20.1. The zero-order valence-corrected chi connectivity index (χ0v) is 16.8. The molecule has 0 unspecified atom stereocenters. The largest absolute Gasteiger partial charge is 0.458 e. The third kappa shape index (κ3) is 4.86. The Bertz CT molecular complexity index is 947. The molecule has 0 saturated heterocycles. The Hall–Kier alpha value is -2.93. The van der Waals surface area contributed by atoms with E-state index >= 15 is 0 Å². The van der Waals surface area contributed by atoms with Crippen LogP contribution in [-0.2, 0) is 16.1 Å². The van der Waals surface area contributed by atoms with Crippen molar-refractivity contribution in [1.82, 2.24) is 10.5 Å². The van der Waals surface area contributed by atoms with Crippen molar-refractivity contribution in [3.05, 3.63) is 64.7 Å². The summed E-state index contributed by atoms with van der Waals surface area (Å²) in [6.45, 7) is 5.60. The number of carbonyl (C=O) groups is 2. The van der Waals surface area contributed by atoms with Crippen molar-refractivity contribution in [3.8, 4) is 10.6 Å². The van der Waals surface area contributed by atoms with Gasteiger partial charge in [0.2, 0.25) is 0 Å². The van der Waals surface area contributed by atoms with Crippen LogP contribution < -0.4 is 5.32 Å². The van der Waals surface area contributed by atoms with Gasteiger partial charge in [0, 0.05) is 11.6 Å². The van der Waals surface area contributed by atoms with Crippen LogP contribution in [0.2, 0.25) is 0 Å². The molecule has 0 bridgehead atoms. The van der Waals surface area contributed by atoms with E-state index in [9.17, 15) is 9.59 Å². The smallest absolute Gasteiger partial charge is 0.329 e. The van der Waals surface area contributed by atoms with Crippen LogP contribution in [-0.4, -0.2) is 23.1 Å². The van der Waals surface area contributed by atoms with E-state index in [2.05, 4.69) is 10.5 Å². The third-order valence-electron chi connectivity index (χ3n) is 4.17. The highest BCUT2D eigenvalue weighted by Gasteiger charge is 2.26. The molecule has 2 heterocycles. The first kappa shape index (κ1) is 19.8. The maximum absolute atomic E-state index is 12.5. The minimum atomic E-state index is -0.753. The number of thiophene rings is 1. The summed E-state index contributed by atoms with van der Waals surface area (Å²) in [6.07, 6.45) is 0. The molecule has 28 heavy (non-hydrogen) atoms.